The summed E-state index contributed by atoms with van der Waals surface area (Å²) in [4.78, 5) is 14.3. The molecule has 1 atom stereocenters. The SMILES string of the molecule is CC[C@@H]1CN(C(=O)c2ccn(-c3ccc(F)cc3)n2)CCO1. The number of ether oxygens (including phenoxy) is 1. The summed E-state index contributed by atoms with van der Waals surface area (Å²) >= 11 is 0. The lowest BCUT2D eigenvalue weighted by Crippen LogP contribution is -2.45. The molecule has 0 radical (unpaired) electrons. The third-order valence-electron chi connectivity index (χ3n) is 3.78. The van der Waals surface area contributed by atoms with Crippen LogP contribution >= 0.6 is 0 Å². The van der Waals surface area contributed by atoms with Gasteiger partial charge >= 0.3 is 0 Å². The number of halogens is 1. The molecule has 1 amide bonds. The Morgan fingerprint density at radius 2 is 2.14 bits per heavy atom. The van der Waals surface area contributed by atoms with Gasteiger partial charge in [0, 0.05) is 19.3 Å². The highest BCUT2D eigenvalue weighted by atomic mass is 19.1. The number of aromatic nitrogens is 2. The van der Waals surface area contributed by atoms with Gasteiger partial charge in [0.2, 0.25) is 0 Å². The summed E-state index contributed by atoms with van der Waals surface area (Å²) in [5.41, 5.74) is 1.11. The molecule has 2 heterocycles. The molecule has 0 N–H and O–H groups in total. The van der Waals surface area contributed by atoms with E-state index in [1.54, 1.807) is 34.0 Å². The summed E-state index contributed by atoms with van der Waals surface area (Å²) in [6.45, 7) is 3.78. The first-order chi connectivity index (χ1) is 10.7. The molecule has 22 heavy (non-hydrogen) atoms. The van der Waals surface area contributed by atoms with E-state index >= 15 is 0 Å². The zero-order valence-electron chi connectivity index (χ0n) is 12.4. The Morgan fingerprint density at radius 1 is 1.36 bits per heavy atom. The van der Waals surface area contributed by atoms with Gasteiger partial charge in [-0.25, -0.2) is 9.07 Å². The minimum atomic E-state index is -0.300. The highest BCUT2D eigenvalue weighted by Crippen LogP contribution is 2.13. The van der Waals surface area contributed by atoms with Gasteiger partial charge in [0.1, 0.15) is 5.82 Å². The largest absolute Gasteiger partial charge is 0.375 e. The zero-order chi connectivity index (χ0) is 15.5. The average Bonchev–Trinajstić information content (AvgIpc) is 3.05. The van der Waals surface area contributed by atoms with Crippen molar-refractivity contribution in [1.82, 2.24) is 14.7 Å². The van der Waals surface area contributed by atoms with Crippen LogP contribution in [-0.2, 0) is 4.74 Å². The Hall–Kier alpha value is -2.21. The van der Waals surface area contributed by atoms with Crippen LogP contribution in [0.5, 0.6) is 0 Å². The van der Waals surface area contributed by atoms with E-state index in [0.29, 0.717) is 31.1 Å². The molecular formula is C16H18FN3O2. The Labute approximate surface area is 128 Å². The molecule has 1 aromatic carbocycles. The third kappa shape index (κ3) is 3.01. The van der Waals surface area contributed by atoms with E-state index in [4.69, 9.17) is 4.74 Å². The smallest absolute Gasteiger partial charge is 0.274 e. The standard InChI is InChI=1S/C16H18FN3O2/c1-2-14-11-19(9-10-22-14)16(21)15-7-8-20(18-15)13-5-3-12(17)4-6-13/h3-8,14H,2,9-11H2,1H3/t14-/m1/s1. The molecule has 1 saturated heterocycles. The zero-order valence-corrected chi connectivity index (χ0v) is 12.4. The molecule has 1 aliphatic rings. The number of nitrogens with zero attached hydrogens (tertiary/aromatic N) is 3. The summed E-state index contributed by atoms with van der Waals surface area (Å²) in [6, 6.07) is 7.66. The van der Waals surface area contributed by atoms with Gasteiger partial charge in [-0.3, -0.25) is 4.79 Å². The van der Waals surface area contributed by atoms with Crippen molar-refractivity contribution >= 4 is 5.91 Å². The highest BCUT2D eigenvalue weighted by Gasteiger charge is 2.25. The fraction of sp³-hybridized carbons (Fsp3) is 0.375. The monoisotopic (exact) mass is 303 g/mol. The maximum Gasteiger partial charge on any atom is 0.274 e. The molecule has 1 fully saturated rings. The molecule has 116 valence electrons. The van der Waals surface area contributed by atoms with Gasteiger partial charge in [0.15, 0.2) is 5.69 Å². The predicted molar refractivity (Wildman–Crippen MR) is 79.5 cm³/mol. The number of carbonyl (C=O) groups is 1. The number of carbonyl (C=O) groups excluding carboxylic acids is 1. The molecule has 0 saturated carbocycles. The van der Waals surface area contributed by atoms with Crippen LogP contribution in [0.4, 0.5) is 4.39 Å². The predicted octanol–water partition coefficient (Wildman–Crippen LogP) is 2.26. The first kappa shape index (κ1) is 14.7. The fourth-order valence-corrected chi connectivity index (χ4v) is 2.49. The van der Waals surface area contributed by atoms with Crippen LogP contribution < -0.4 is 0 Å². The van der Waals surface area contributed by atoms with Gasteiger partial charge in [-0.1, -0.05) is 6.92 Å². The van der Waals surface area contributed by atoms with Crippen molar-refractivity contribution in [2.45, 2.75) is 19.4 Å². The molecule has 1 aromatic heterocycles. The number of rotatable bonds is 3. The molecule has 0 bridgehead atoms. The van der Waals surface area contributed by atoms with Crippen LogP contribution in [-0.4, -0.2) is 46.4 Å². The van der Waals surface area contributed by atoms with Crippen LogP contribution in [0, 0.1) is 5.82 Å². The fourth-order valence-electron chi connectivity index (χ4n) is 2.49. The van der Waals surface area contributed by atoms with E-state index < -0.39 is 0 Å². The second kappa shape index (κ2) is 6.27. The molecule has 1 aliphatic heterocycles. The van der Waals surface area contributed by atoms with Crippen molar-refractivity contribution in [1.29, 1.82) is 0 Å². The van der Waals surface area contributed by atoms with Crippen LogP contribution in [0.2, 0.25) is 0 Å². The van der Waals surface area contributed by atoms with Gasteiger partial charge in [-0.15, -0.1) is 0 Å². The summed E-state index contributed by atoms with van der Waals surface area (Å²) in [6.07, 6.45) is 2.68. The van der Waals surface area contributed by atoms with Crippen LogP contribution in [0.3, 0.4) is 0 Å². The Balaban J connectivity index is 1.75. The van der Waals surface area contributed by atoms with E-state index in [2.05, 4.69) is 5.10 Å². The first-order valence-corrected chi connectivity index (χ1v) is 7.40. The van der Waals surface area contributed by atoms with Crippen molar-refractivity contribution in [2.75, 3.05) is 19.7 Å². The van der Waals surface area contributed by atoms with E-state index in [9.17, 15) is 9.18 Å². The Bertz CT molecular complexity index is 654. The minimum absolute atomic E-state index is 0.0943. The summed E-state index contributed by atoms with van der Waals surface area (Å²) in [5.74, 6) is -0.395. The number of amides is 1. The van der Waals surface area contributed by atoms with Crippen molar-refractivity contribution in [3.05, 3.63) is 48.0 Å². The maximum atomic E-state index is 12.9. The quantitative estimate of drug-likeness (QED) is 0.874. The second-order valence-corrected chi connectivity index (χ2v) is 5.27. The van der Waals surface area contributed by atoms with Gasteiger partial charge in [0.05, 0.1) is 18.4 Å². The van der Waals surface area contributed by atoms with Crippen LogP contribution in [0.15, 0.2) is 36.5 Å². The molecular weight excluding hydrogens is 285 g/mol. The van der Waals surface area contributed by atoms with Crippen molar-refractivity contribution in [3.63, 3.8) is 0 Å². The van der Waals surface area contributed by atoms with Crippen LogP contribution in [0.25, 0.3) is 5.69 Å². The van der Waals surface area contributed by atoms with Crippen molar-refractivity contribution in [3.8, 4) is 5.69 Å². The topological polar surface area (TPSA) is 47.4 Å². The molecule has 6 heteroatoms. The van der Waals surface area contributed by atoms with Crippen molar-refractivity contribution < 1.29 is 13.9 Å². The first-order valence-electron chi connectivity index (χ1n) is 7.40. The van der Waals surface area contributed by atoms with Crippen molar-refractivity contribution in [2.24, 2.45) is 0 Å². The Kier molecular flexibility index (Phi) is 4.20. The van der Waals surface area contributed by atoms with E-state index in [-0.39, 0.29) is 17.8 Å². The number of morpholine rings is 1. The van der Waals surface area contributed by atoms with Gasteiger partial charge < -0.3 is 9.64 Å². The van der Waals surface area contributed by atoms with Gasteiger partial charge in [-0.05, 0) is 36.8 Å². The van der Waals surface area contributed by atoms with E-state index in [1.807, 2.05) is 6.92 Å². The third-order valence-corrected chi connectivity index (χ3v) is 3.78. The summed E-state index contributed by atoms with van der Waals surface area (Å²) in [5, 5.41) is 4.30. The van der Waals surface area contributed by atoms with Crippen LogP contribution in [0.1, 0.15) is 23.8 Å². The number of benzene rings is 1. The Morgan fingerprint density at radius 3 is 2.86 bits per heavy atom. The lowest BCUT2D eigenvalue weighted by Gasteiger charge is -2.32. The molecule has 5 nitrogen and oxygen atoms in total. The summed E-state index contributed by atoms with van der Waals surface area (Å²) in [7, 11) is 0. The lowest BCUT2D eigenvalue weighted by atomic mass is 10.2. The van der Waals surface area contributed by atoms with Gasteiger partial charge in [0.25, 0.3) is 5.91 Å². The molecule has 2 aromatic rings. The minimum Gasteiger partial charge on any atom is -0.375 e. The highest BCUT2D eigenvalue weighted by molar-refractivity contribution is 5.92. The number of hydrogen-bond donors (Lipinski definition) is 0. The molecule has 0 unspecified atom stereocenters. The summed E-state index contributed by atoms with van der Waals surface area (Å²) < 4.78 is 20.1. The van der Waals surface area contributed by atoms with Gasteiger partial charge in [-0.2, -0.15) is 5.10 Å². The van der Waals surface area contributed by atoms with E-state index in [0.717, 1.165) is 6.42 Å². The molecule has 3 rings (SSSR count). The second-order valence-electron chi connectivity index (χ2n) is 5.27. The normalized spacial score (nSPS) is 18.5. The lowest BCUT2D eigenvalue weighted by molar-refractivity contribution is -0.0228. The number of hydrogen-bond acceptors (Lipinski definition) is 3. The average molecular weight is 303 g/mol. The molecule has 0 aliphatic carbocycles. The maximum absolute atomic E-state index is 12.9. The van der Waals surface area contributed by atoms with E-state index in [1.165, 1.54) is 12.1 Å². The molecule has 0 spiro atoms.